The predicted octanol–water partition coefficient (Wildman–Crippen LogP) is 4.53. The first-order valence-electron chi connectivity index (χ1n) is 7.14. The number of benzene rings is 1. The highest BCUT2D eigenvalue weighted by Gasteiger charge is 2.35. The summed E-state index contributed by atoms with van der Waals surface area (Å²) in [5, 5.41) is 0.802. The summed E-state index contributed by atoms with van der Waals surface area (Å²) < 4.78 is 16.9. The van der Waals surface area contributed by atoms with Crippen molar-refractivity contribution in [2.75, 3.05) is 13.2 Å². The van der Waals surface area contributed by atoms with Gasteiger partial charge in [0, 0.05) is 5.02 Å². The van der Waals surface area contributed by atoms with E-state index in [1.165, 1.54) is 0 Å². The minimum absolute atomic E-state index is 0.198. The summed E-state index contributed by atoms with van der Waals surface area (Å²) >= 11 is 12.3. The van der Waals surface area contributed by atoms with E-state index in [4.69, 9.17) is 37.4 Å². The molecule has 0 amide bonds. The third kappa shape index (κ3) is 4.08. The molecule has 1 aromatic carbocycles. The Morgan fingerprint density at radius 2 is 1.70 bits per heavy atom. The number of halogens is 2. The molecule has 1 aromatic rings. The zero-order valence-corrected chi connectivity index (χ0v) is 14.3. The molecule has 23 heavy (non-hydrogen) atoms. The fraction of sp³-hybridized carbons (Fsp3) is 0.312. The molecule has 0 aromatic heterocycles. The highest BCUT2D eigenvalue weighted by molar-refractivity contribution is 6.34. The van der Waals surface area contributed by atoms with Crippen molar-refractivity contribution in [1.82, 2.24) is 0 Å². The Morgan fingerprint density at radius 3 is 2.26 bits per heavy atom. The van der Waals surface area contributed by atoms with E-state index in [0.717, 1.165) is 0 Å². The molecule has 1 aliphatic rings. The molecule has 0 saturated carbocycles. The molecular formula is C16H16Cl2N2O3. The van der Waals surface area contributed by atoms with Gasteiger partial charge in [0.15, 0.2) is 11.5 Å². The molecule has 0 aliphatic heterocycles. The van der Waals surface area contributed by atoms with Crippen molar-refractivity contribution in [2.24, 2.45) is 0 Å². The molecule has 0 radical (unpaired) electrons. The maximum Gasteiger partial charge on any atom is 0.342 e. The lowest BCUT2D eigenvalue weighted by Crippen LogP contribution is -2.20. The van der Waals surface area contributed by atoms with E-state index in [1.54, 1.807) is 24.3 Å². The Hall–Kier alpha value is -1.94. The Morgan fingerprint density at radius 1 is 1.04 bits per heavy atom. The Labute approximate surface area is 144 Å². The molecule has 7 heteroatoms. The van der Waals surface area contributed by atoms with Crippen LogP contribution in [0.1, 0.15) is 20.3 Å². The van der Waals surface area contributed by atoms with E-state index < -0.39 is 0 Å². The molecule has 0 fully saturated rings. The van der Waals surface area contributed by atoms with Gasteiger partial charge in [0.05, 0.1) is 13.2 Å². The molecule has 1 aliphatic carbocycles. The summed E-state index contributed by atoms with van der Waals surface area (Å²) in [7, 11) is 0. The second kappa shape index (κ2) is 8.06. The van der Waals surface area contributed by atoms with Crippen LogP contribution in [0.25, 0.3) is 5.53 Å². The molecule has 0 saturated heterocycles. The standard InChI is InChI=1S/C16H16Cl2N2O3/c1-3-21-13-9-12(20-19)15(22-4-2)14(18)16(13)23-11-7-5-10(17)6-8-11/h5-8H,3-4,9H2,1-2H3. The van der Waals surface area contributed by atoms with Gasteiger partial charge in [-0.25, -0.2) is 0 Å². The zero-order valence-electron chi connectivity index (χ0n) is 12.8. The summed E-state index contributed by atoms with van der Waals surface area (Å²) in [6, 6.07) is 6.86. The highest BCUT2D eigenvalue weighted by atomic mass is 35.5. The Kier molecular flexibility index (Phi) is 6.11. The van der Waals surface area contributed by atoms with Crippen molar-refractivity contribution in [3.8, 4) is 5.75 Å². The van der Waals surface area contributed by atoms with Crippen molar-refractivity contribution in [3.63, 3.8) is 0 Å². The van der Waals surface area contributed by atoms with Gasteiger partial charge in [0.25, 0.3) is 0 Å². The Bertz CT molecular complexity index is 690. The lowest BCUT2D eigenvalue weighted by molar-refractivity contribution is -0.0139. The number of allylic oxidation sites excluding steroid dienone is 3. The second-order valence-corrected chi connectivity index (χ2v) is 5.36. The van der Waals surface area contributed by atoms with E-state index in [-0.39, 0.29) is 17.2 Å². The largest absolute Gasteiger partial charge is 0.494 e. The van der Waals surface area contributed by atoms with E-state index in [0.29, 0.717) is 41.2 Å². The van der Waals surface area contributed by atoms with Gasteiger partial charge in [0.2, 0.25) is 5.76 Å². The minimum atomic E-state index is 0.198. The van der Waals surface area contributed by atoms with Gasteiger partial charge in [-0.15, -0.1) is 0 Å². The Balaban J connectivity index is 2.44. The van der Waals surface area contributed by atoms with Crippen LogP contribution < -0.4 is 4.74 Å². The smallest absolute Gasteiger partial charge is 0.342 e. The van der Waals surface area contributed by atoms with Crippen LogP contribution in [0, 0.1) is 0 Å². The van der Waals surface area contributed by atoms with Gasteiger partial charge in [-0.3, -0.25) is 0 Å². The first-order chi connectivity index (χ1) is 11.1. The topological polar surface area (TPSA) is 64.1 Å². The number of hydrogen-bond acceptors (Lipinski definition) is 3. The van der Waals surface area contributed by atoms with Gasteiger partial charge < -0.3 is 19.7 Å². The summed E-state index contributed by atoms with van der Waals surface area (Å²) in [6.07, 6.45) is 0.221. The van der Waals surface area contributed by atoms with Crippen LogP contribution in [0.2, 0.25) is 5.02 Å². The van der Waals surface area contributed by atoms with Crippen molar-refractivity contribution in [3.05, 3.63) is 57.1 Å². The second-order valence-electron chi connectivity index (χ2n) is 4.54. The summed E-state index contributed by atoms with van der Waals surface area (Å²) in [5.74, 6) is 1.65. The van der Waals surface area contributed by atoms with Crippen LogP contribution in [0.3, 0.4) is 0 Å². The average Bonchev–Trinajstić information content (AvgIpc) is 2.55. The zero-order chi connectivity index (χ0) is 16.8. The SMILES string of the molecule is CCOC1=C(Oc2ccc(Cl)cc2)C(Cl)=C(OCC)C(=[N+]=[N-])C1. The van der Waals surface area contributed by atoms with Crippen LogP contribution in [-0.2, 0) is 9.47 Å². The van der Waals surface area contributed by atoms with Crippen molar-refractivity contribution >= 4 is 28.9 Å². The third-order valence-electron chi connectivity index (χ3n) is 3.00. The summed E-state index contributed by atoms with van der Waals surface area (Å²) in [6.45, 7) is 4.46. The molecule has 5 nitrogen and oxygen atoms in total. The fourth-order valence-corrected chi connectivity index (χ4v) is 2.48. The molecule has 0 bridgehead atoms. The average molecular weight is 355 g/mol. The number of ether oxygens (including phenoxy) is 3. The normalized spacial score (nSPS) is 14.7. The van der Waals surface area contributed by atoms with Crippen molar-refractivity contribution in [1.29, 1.82) is 0 Å². The van der Waals surface area contributed by atoms with Crippen LogP contribution >= 0.6 is 23.2 Å². The monoisotopic (exact) mass is 354 g/mol. The molecule has 0 unspecified atom stereocenters. The minimum Gasteiger partial charge on any atom is -0.494 e. The first kappa shape index (κ1) is 17.4. The van der Waals surface area contributed by atoms with Crippen LogP contribution in [0.4, 0.5) is 0 Å². The number of rotatable bonds is 6. The lowest BCUT2D eigenvalue weighted by atomic mass is 10.1. The lowest BCUT2D eigenvalue weighted by Gasteiger charge is -2.20. The maximum atomic E-state index is 9.18. The van der Waals surface area contributed by atoms with E-state index in [2.05, 4.69) is 4.79 Å². The molecule has 122 valence electrons. The van der Waals surface area contributed by atoms with E-state index in [1.807, 2.05) is 13.8 Å². The van der Waals surface area contributed by atoms with Crippen LogP contribution in [-0.4, -0.2) is 23.7 Å². The summed E-state index contributed by atoms with van der Waals surface area (Å²) in [5.41, 5.74) is 9.48. The third-order valence-corrected chi connectivity index (χ3v) is 3.60. The molecular weight excluding hydrogens is 339 g/mol. The number of hydrogen-bond donors (Lipinski definition) is 0. The van der Waals surface area contributed by atoms with Gasteiger partial charge in [-0.2, -0.15) is 4.79 Å². The fourth-order valence-electron chi connectivity index (χ4n) is 2.05. The van der Waals surface area contributed by atoms with Crippen LogP contribution in [0.5, 0.6) is 5.75 Å². The van der Waals surface area contributed by atoms with Crippen molar-refractivity contribution in [2.45, 2.75) is 20.3 Å². The summed E-state index contributed by atoms with van der Waals surface area (Å²) in [4.78, 5) is 3.25. The van der Waals surface area contributed by atoms with E-state index >= 15 is 0 Å². The van der Waals surface area contributed by atoms with Crippen LogP contribution in [0.15, 0.2) is 46.6 Å². The van der Waals surface area contributed by atoms with Gasteiger partial charge in [-0.1, -0.05) is 23.2 Å². The first-order valence-corrected chi connectivity index (χ1v) is 7.89. The van der Waals surface area contributed by atoms with E-state index in [9.17, 15) is 5.53 Å². The molecule has 0 heterocycles. The number of nitrogens with zero attached hydrogens (tertiary/aromatic N) is 2. The van der Waals surface area contributed by atoms with Gasteiger partial charge in [-0.05, 0) is 38.1 Å². The highest BCUT2D eigenvalue weighted by Crippen LogP contribution is 2.34. The van der Waals surface area contributed by atoms with Gasteiger partial charge in [0.1, 0.15) is 17.2 Å². The quantitative estimate of drug-likeness (QED) is 0.556. The van der Waals surface area contributed by atoms with Gasteiger partial charge >= 0.3 is 5.71 Å². The van der Waals surface area contributed by atoms with Crippen molar-refractivity contribution < 1.29 is 19.0 Å². The molecule has 0 N–H and O–H groups in total. The molecule has 0 atom stereocenters. The molecule has 0 spiro atoms. The molecule has 2 rings (SSSR count). The maximum absolute atomic E-state index is 9.18. The predicted molar refractivity (Wildman–Crippen MR) is 88.5 cm³/mol.